The minimum Gasteiger partial charge on any atom is -0.367 e. The number of hydrogen-bond donors (Lipinski definition) is 0. The van der Waals surface area contributed by atoms with Crippen molar-refractivity contribution in [3.8, 4) is 0 Å². The van der Waals surface area contributed by atoms with E-state index in [4.69, 9.17) is 4.74 Å². The SMILES string of the molecule is CCOC1(C(=O)Cc2cc(C)ccc2C)CCC(C)CC1. The fourth-order valence-electron chi connectivity index (χ4n) is 3.33. The molecule has 0 aromatic heterocycles. The molecule has 1 aromatic rings. The molecule has 0 saturated heterocycles. The number of ether oxygens (including phenoxy) is 1. The fourth-order valence-corrected chi connectivity index (χ4v) is 3.33. The van der Waals surface area contributed by atoms with Crippen LogP contribution >= 0.6 is 0 Å². The van der Waals surface area contributed by atoms with Gasteiger partial charge in [0.25, 0.3) is 0 Å². The Balaban J connectivity index is 2.17. The number of rotatable bonds is 5. The van der Waals surface area contributed by atoms with Crippen LogP contribution in [0.2, 0.25) is 0 Å². The summed E-state index contributed by atoms with van der Waals surface area (Å²) in [7, 11) is 0. The molecule has 0 unspecified atom stereocenters. The van der Waals surface area contributed by atoms with E-state index in [0.717, 1.165) is 31.2 Å². The zero-order valence-electron chi connectivity index (χ0n) is 13.9. The zero-order chi connectivity index (χ0) is 15.5. The summed E-state index contributed by atoms with van der Waals surface area (Å²) in [6.45, 7) is 9.04. The molecular formula is C19H28O2. The lowest BCUT2D eigenvalue weighted by Crippen LogP contribution is -2.45. The highest BCUT2D eigenvalue weighted by atomic mass is 16.5. The van der Waals surface area contributed by atoms with Gasteiger partial charge in [-0.2, -0.15) is 0 Å². The molecule has 0 heterocycles. The number of carbonyl (C=O) groups excluding carboxylic acids is 1. The van der Waals surface area contributed by atoms with Crippen LogP contribution in [0.1, 0.15) is 56.2 Å². The van der Waals surface area contributed by atoms with Crippen molar-refractivity contribution < 1.29 is 9.53 Å². The van der Waals surface area contributed by atoms with E-state index in [0.29, 0.717) is 18.9 Å². The van der Waals surface area contributed by atoms with Gasteiger partial charge in [0.2, 0.25) is 0 Å². The van der Waals surface area contributed by atoms with Crippen molar-refractivity contribution in [2.45, 2.75) is 65.4 Å². The molecule has 0 aliphatic heterocycles. The summed E-state index contributed by atoms with van der Waals surface area (Å²) in [4.78, 5) is 12.9. The van der Waals surface area contributed by atoms with Gasteiger partial charge in [-0.05, 0) is 63.5 Å². The molecule has 21 heavy (non-hydrogen) atoms. The van der Waals surface area contributed by atoms with E-state index in [9.17, 15) is 4.79 Å². The van der Waals surface area contributed by atoms with Gasteiger partial charge in [0, 0.05) is 13.0 Å². The standard InChI is InChI=1S/C19H28O2/c1-5-21-19(10-8-14(2)9-11-19)18(20)13-17-12-15(3)6-7-16(17)4/h6-7,12,14H,5,8-11,13H2,1-4H3. The van der Waals surface area contributed by atoms with Crippen molar-refractivity contribution in [1.82, 2.24) is 0 Å². The zero-order valence-corrected chi connectivity index (χ0v) is 13.9. The average molecular weight is 288 g/mol. The second-order valence-corrected chi connectivity index (χ2v) is 6.64. The maximum atomic E-state index is 12.9. The molecule has 0 bridgehead atoms. The predicted octanol–water partition coefficient (Wildman–Crippen LogP) is 4.40. The number of aryl methyl sites for hydroxylation is 2. The second-order valence-electron chi connectivity index (χ2n) is 6.64. The van der Waals surface area contributed by atoms with Crippen LogP contribution in [0.25, 0.3) is 0 Å². The molecule has 2 nitrogen and oxygen atoms in total. The largest absolute Gasteiger partial charge is 0.367 e. The smallest absolute Gasteiger partial charge is 0.168 e. The summed E-state index contributed by atoms with van der Waals surface area (Å²) in [5.41, 5.74) is 3.03. The van der Waals surface area contributed by atoms with Crippen molar-refractivity contribution in [3.05, 3.63) is 34.9 Å². The van der Waals surface area contributed by atoms with Gasteiger partial charge in [0.1, 0.15) is 5.60 Å². The van der Waals surface area contributed by atoms with E-state index in [1.807, 2.05) is 6.92 Å². The fraction of sp³-hybridized carbons (Fsp3) is 0.632. The molecule has 2 heteroatoms. The van der Waals surface area contributed by atoms with Crippen molar-refractivity contribution >= 4 is 5.78 Å². The Hall–Kier alpha value is -1.15. The van der Waals surface area contributed by atoms with Gasteiger partial charge in [-0.25, -0.2) is 0 Å². The van der Waals surface area contributed by atoms with Crippen LogP contribution < -0.4 is 0 Å². The molecule has 0 N–H and O–H groups in total. The lowest BCUT2D eigenvalue weighted by molar-refractivity contribution is -0.149. The van der Waals surface area contributed by atoms with Gasteiger partial charge in [0.15, 0.2) is 5.78 Å². The Kier molecular flexibility index (Phi) is 5.21. The Morgan fingerprint density at radius 2 is 1.95 bits per heavy atom. The third kappa shape index (κ3) is 3.74. The first kappa shape index (κ1) is 16.2. The Morgan fingerprint density at radius 1 is 1.29 bits per heavy atom. The van der Waals surface area contributed by atoms with Crippen molar-refractivity contribution in [2.24, 2.45) is 5.92 Å². The Bertz CT molecular complexity index is 496. The summed E-state index contributed by atoms with van der Waals surface area (Å²) >= 11 is 0. The van der Waals surface area contributed by atoms with Gasteiger partial charge in [0.05, 0.1) is 0 Å². The van der Waals surface area contributed by atoms with E-state index < -0.39 is 5.60 Å². The Labute approximate surface area is 128 Å². The van der Waals surface area contributed by atoms with Crippen molar-refractivity contribution in [3.63, 3.8) is 0 Å². The third-order valence-electron chi connectivity index (χ3n) is 4.87. The summed E-state index contributed by atoms with van der Waals surface area (Å²) in [6, 6.07) is 6.34. The van der Waals surface area contributed by atoms with E-state index >= 15 is 0 Å². The van der Waals surface area contributed by atoms with Gasteiger partial charge in [-0.1, -0.05) is 30.7 Å². The van der Waals surface area contributed by atoms with Crippen molar-refractivity contribution in [1.29, 1.82) is 0 Å². The molecule has 0 radical (unpaired) electrons. The van der Waals surface area contributed by atoms with Crippen LogP contribution in [0.5, 0.6) is 0 Å². The highest BCUT2D eigenvalue weighted by molar-refractivity contribution is 5.89. The molecule has 116 valence electrons. The summed E-state index contributed by atoms with van der Waals surface area (Å²) in [5.74, 6) is 0.983. The first-order chi connectivity index (χ1) is 9.97. The van der Waals surface area contributed by atoms with Crippen LogP contribution in [0.4, 0.5) is 0 Å². The first-order valence-corrected chi connectivity index (χ1v) is 8.20. The predicted molar refractivity (Wildman–Crippen MR) is 86.6 cm³/mol. The monoisotopic (exact) mass is 288 g/mol. The van der Waals surface area contributed by atoms with Gasteiger partial charge in [-0.3, -0.25) is 4.79 Å². The van der Waals surface area contributed by atoms with E-state index in [-0.39, 0.29) is 5.78 Å². The quantitative estimate of drug-likeness (QED) is 0.802. The van der Waals surface area contributed by atoms with Crippen LogP contribution in [0, 0.1) is 19.8 Å². The third-order valence-corrected chi connectivity index (χ3v) is 4.87. The first-order valence-electron chi connectivity index (χ1n) is 8.20. The maximum absolute atomic E-state index is 12.9. The average Bonchev–Trinajstić information content (AvgIpc) is 2.46. The molecular weight excluding hydrogens is 260 g/mol. The number of ketones is 1. The highest BCUT2D eigenvalue weighted by Gasteiger charge is 2.41. The minimum atomic E-state index is -0.530. The van der Waals surface area contributed by atoms with Crippen LogP contribution in [-0.2, 0) is 16.0 Å². The maximum Gasteiger partial charge on any atom is 0.168 e. The highest BCUT2D eigenvalue weighted by Crippen LogP contribution is 2.36. The molecule has 1 saturated carbocycles. The van der Waals surface area contributed by atoms with E-state index in [1.54, 1.807) is 0 Å². The summed E-state index contributed by atoms with van der Waals surface area (Å²) < 4.78 is 5.97. The van der Waals surface area contributed by atoms with E-state index in [1.165, 1.54) is 11.1 Å². The van der Waals surface area contributed by atoms with Crippen molar-refractivity contribution in [2.75, 3.05) is 6.61 Å². The number of benzene rings is 1. The molecule has 1 aliphatic carbocycles. The topological polar surface area (TPSA) is 26.3 Å². The molecule has 1 aliphatic rings. The minimum absolute atomic E-state index is 0.268. The number of carbonyl (C=O) groups is 1. The van der Waals surface area contributed by atoms with Crippen LogP contribution in [0.15, 0.2) is 18.2 Å². The van der Waals surface area contributed by atoms with Crippen LogP contribution in [0.3, 0.4) is 0 Å². The van der Waals surface area contributed by atoms with Gasteiger partial charge in [-0.15, -0.1) is 0 Å². The normalized spacial score (nSPS) is 25.8. The number of hydrogen-bond acceptors (Lipinski definition) is 2. The summed E-state index contributed by atoms with van der Waals surface area (Å²) in [6.07, 6.45) is 4.45. The van der Waals surface area contributed by atoms with E-state index in [2.05, 4.69) is 39.0 Å². The Morgan fingerprint density at radius 3 is 2.57 bits per heavy atom. The lowest BCUT2D eigenvalue weighted by atomic mass is 9.75. The van der Waals surface area contributed by atoms with Gasteiger partial charge >= 0.3 is 0 Å². The van der Waals surface area contributed by atoms with Gasteiger partial charge < -0.3 is 4.74 Å². The molecule has 0 spiro atoms. The molecule has 1 aromatic carbocycles. The summed E-state index contributed by atoms with van der Waals surface area (Å²) in [5, 5.41) is 0. The molecule has 0 amide bonds. The van der Waals surface area contributed by atoms with Crippen LogP contribution in [-0.4, -0.2) is 18.0 Å². The lowest BCUT2D eigenvalue weighted by Gasteiger charge is -2.38. The molecule has 1 fully saturated rings. The molecule has 0 atom stereocenters. The number of Topliss-reactive ketones (excluding diaryl/α,β-unsaturated/α-hetero) is 1. The second kappa shape index (κ2) is 6.74. The molecule has 2 rings (SSSR count).